The third-order valence-electron chi connectivity index (χ3n) is 2.90. The number of phenols is 1. The quantitative estimate of drug-likeness (QED) is 0.507. The fourth-order valence-electron chi connectivity index (χ4n) is 1.63. The highest BCUT2D eigenvalue weighted by Gasteiger charge is 2.29. The predicted octanol–water partition coefficient (Wildman–Crippen LogP) is 0.0921. The highest BCUT2D eigenvalue weighted by atomic mass is 16.5. The minimum atomic E-state index is -1.50. The van der Waals surface area contributed by atoms with Gasteiger partial charge in [0.1, 0.15) is 24.1 Å². The maximum Gasteiger partial charge on any atom is 0.151 e. The van der Waals surface area contributed by atoms with Gasteiger partial charge in [0.25, 0.3) is 0 Å². The smallest absolute Gasteiger partial charge is 0.151 e. The zero-order valence-electron chi connectivity index (χ0n) is 11.7. The summed E-state index contributed by atoms with van der Waals surface area (Å²) in [5.74, 6) is 0.166. The Morgan fingerprint density at radius 3 is 2.29 bits per heavy atom. The maximum absolute atomic E-state index is 10.8. The van der Waals surface area contributed by atoms with E-state index >= 15 is 0 Å². The van der Waals surface area contributed by atoms with Gasteiger partial charge < -0.3 is 30.0 Å². The molecule has 0 radical (unpaired) electrons. The van der Waals surface area contributed by atoms with E-state index in [0.717, 1.165) is 5.56 Å². The third kappa shape index (κ3) is 5.65. The second-order valence-corrected chi connectivity index (χ2v) is 4.65. The Labute approximate surface area is 122 Å². The minimum Gasteiger partial charge on any atom is -0.508 e. The van der Waals surface area contributed by atoms with Gasteiger partial charge in [-0.05, 0) is 24.6 Å². The molecule has 1 rings (SSSR count). The van der Waals surface area contributed by atoms with Crippen LogP contribution in [0.25, 0.3) is 6.08 Å². The van der Waals surface area contributed by atoms with E-state index in [4.69, 9.17) is 14.9 Å². The van der Waals surface area contributed by atoms with Crippen LogP contribution in [0.15, 0.2) is 30.3 Å². The second kappa shape index (κ2) is 8.53. The Morgan fingerprint density at radius 1 is 1.14 bits per heavy atom. The summed E-state index contributed by atoms with van der Waals surface area (Å²) in [6.45, 7) is 1.36. The first kappa shape index (κ1) is 17.3. The standard InChI is InChI=1S/C15H20O6/c1-10(17)14(19)15(20)13(9-16)21-8-2-3-11-4-6-12(18)7-5-11/h2-7,9-10,13-15,17-20H,8H2,1H3/b3-2+/t10-,13-,14-,15-/m0/s1. The Bertz CT molecular complexity index is 454. The average Bonchev–Trinajstić information content (AvgIpc) is 2.47. The monoisotopic (exact) mass is 296 g/mol. The second-order valence-electron chi connectivity index (χ2n) is 4.65. The molecule has 0 fully saturated rings. The molecule has 6 nitrogen and oxygen atoms in total. The molecule has 0 saturated carbocycles. The van der Waals surface area contributed by atoms with E-state index in [-0.39, 0.29) is 12.4 Å². The van der Waals surface area contributed by atoms with Crippen molar-refractivity contribution in [3.63, 3.8) is 0 Å². The van der Waals surface area contributed by atoms with Crippen molar-refractivity contribution in [1.29, 1.82) is 0 Å². The van der Waals surface area contributed by atoms with E-state index in [1.165, 1.54) is 19.1 Å². The van der Waals surface area contributed by atoms with Crippen molar-refractivity contribution in [2.75, 3.05) is 6.61 Å². The topological polar surface area (TPSA) is 107 Å². The summed E-state index contributed by atoms with van der Waals surface area (Å²) < 4.78 is 5.14. The van der Waals surface area contributed by atoms with Gasteiger partial charge in [-0.25, -0.2) is 0 Å². The van der Waals surface area contributed by atoms with Crippen LogP contribution in [0.2, 0.25) is 0 Å². The number of aliphatic hydroxyl groups is 3. The number of aliphatic hydroxyl groups excluding tert-OH is 3. The normalized spacial score (nSPS) is 17.3. The summed E-state index contributed by atoms with van der Waals surface area (Å²) in [4.78, 5) is 10.8. The van der Waals surface area contributed by atoms with Gasteiger partial charge in [-0.2, -0.15) is 0 Å². The van der Waals surface area contributed by atoms with Crippen molar-refractivity contribution in [2.45, 2.75) is 31.3 Å². The predicted molar refractivity (Wildman–Crippen MR) is 76.6 cm³/mol. The lowest BCUT2D eigenvalue weighted by Crippen LogP contribution is -2.45. The van der Waals surface area contributed by atoms with Crippen molar-refractivity contribution in [1.82, 2.24) is 0 Å². The van der Waals surface area contributed by atoms with Crippen molar-refractivity contribution in [3.05, 3.63) is 35.9 Å². The summed E-state index contributed by atoms with van der Waals surface area (Å²) in [7, 11) is 0. The van der Waals surface area contributed by atoms with Crippen LogP contribution in [0.1, 0.15) is 12.5 Å². The summed E-state index contributed by atoms with van der Waals surface area (Å²) >= 11 is 0. The number of phenolic OH excluding ortho intramolecular Hbond substituents is 1. The molecule has 0 aliphatic carbocycles. The molecule has 4 N–H and O–H groups in total. The van der Waals surface area contributed by atoms with E-state index in [1.807, 2.05) is 0 Å². The first-order valence-corrected chi connectivity index (χ1v) is 6.52. The number of carbonyl (C=O) groups is 1. The van der Waals surface area contributed by atoms with Crippen LogP contribution in [0.5, 0.6) is 5.75 Å². The van der Waals surface area contributed by atoms with Gasteiger partial charge in [0, 0.05) is 0 Å². The molecular formula is C15H20O6. The fraction of sp³-hybridized carbons (Fsp3) is 0.400. The molecule has 0 unspecified atom stereocenters. The lowest BCUT2D eigenvalue weighted by molar-refractivity contribution is -0.139. The molecule has 0 spiro atoms. The Balaban J connectivity index is 2.48. The molecule has 0 aliphatic rings. The van der Waals surface area contributed by atoms with Gasteiger partial charge in [-0.1, -0.05) is 24.3 Å². The molecule has 0 bridgehead atoms. The van der Waals surface area contributed by atoms with Crippen molar-refractivity contribution >= 4 is 12.4 Å². The summed E-state index contributed by atoms with van der Waals surface area (Å²) in [5.41, 5.74) is 0.837. The van der Waals surface area contributed by atoms with Crippen molar-refractivity contribution < 1.29 is 30.0 Å². The van der Waals surface area contributed by atoms with Crippen molar-refractivity contribution in [3.8, 4) is 5.75 Å². The van der Waals surface area contributed by atoms with E-state index in [2.05, 4.69) is 0 Å². The molecule has 6 heteroatoms. The molecule has 21 heavy (non-hydrogen) atoms. The van der Waals surface area contributed by atoms with Crippen LogP contribution in [0, 0.1) is 0 Å². The number of benzene rings is 1. The van der Waals surface area contributed by atoms with E-state index < -0.39 is 24.4 Å². The van der Waals surface area contributed by atoms with E-state index in [0.29, 0.717) is 6.29 Å². The molecule has 1 aromatic rings. The Kier molecular flexibility index (Phi) is 7.04. The van der Waals surface area contributed by atoms with E-state index in [9.17, 15) is 15.0 Å². The van der Waals surface area contributed by atoms with Crippen LogP contribution >= 0.6 is 0 Å². The van der Waals surface area contributed by atoms with Gasteiger partial charge in [-0.3, -0.25) is 0 Å². The molecule has 116 valence electrons. The molecule has 0 aromatic heterocycles. The SMILES string of the molecule is C[C@H](O)[C@H](O)[C@@H](O)[C@H](C=O)OC/C=C/c1ccc(O)cc1. The summed E-state index contributed by atoms with van der Waals surface area (Å²) in [6.07, 6.45) is -1.61. The number of hydrogen-bond donors (Lipinski definition) is 4. The Hall–Kier alpha value is -1.73. The van der Waals surface area contributed by atoms with Gasteiger partial charge in [-0.15, -0.1) is 0 Å². The molecule has 4 atom stereocenters. The summed E-state index contributed by atoms with van der Waals surface area (Å²) in [5, 5.41) is 37.4. The lowest BCUT2D eigenvalue weighted by Gasteiger charge is -2.24. The number of carbonyl (C=O) groups excluding carboxylic acids is 1. The zero-order chi connectivity index (χ0) is 15.8. The first-order valence-electron chi connectivity index (χ1n) is 6.52. The van der Waals surface area contributed by atoms with Gasteiger partial charge >= 0.3 is 0 Å². The Morgan fingerprint density at radius 2 is 1.76 bits per heavy atom. The van der Waals surface area contributed by atoms with Crippen LogP contribution in [-0.2, 0) is 9.53 Å². The van der Waals surface area contributed by atoms with Gasteiger partial charge in [0.2, 0.25) is 0 Å². The molecule has 0 saturated heterocycles. The molecular weight excluding hydrogens is 276 g/mol. The van der Waals surface area contributed by atoms with Crippen molar-refractivity contribution in [2.24, 2.45) is 0 Å². The first-order chi connectivity index (χ1) is 9.95. The van der Waals surface area contributed by atoms with Crippen LogP contribution in [-0.4, -0.2) is 57.7 Å². The number of aldehydes is 1. The highest BCUT2D eigenvalue weighted by Crippen LogP contribution is 2.11. The fourth-order valence-corrected chi connectivity index (χ4v) is 1.63. The van der Waals surface area contributed by atoms with Crippen LogP contribution in [0.4, 0.5) is 0 Å². The molecule has 0 heterocycles. The van der Waals surface area contributed by atoms with Gasteiger partial charge in [0.05, 0.1) is 12.7 Å². The summed E-state index contributed by atoms with van der Waals surface area (Å²) in [6, 6.07) is 6.49. The maximum atomic E-state index is 10.8. The third-order valence-corrected chi connectivity index (χ3v) is 2.90. The number of rotatable bonds is 8. The number of hydrogen-bond acceptors (Lipinski definition) is 6. The minimum absolute atomic E-state index is 0.0495. The number of aromatic hydroxyl groups is 1. The highest BCUT2D eigenvalue weighted by molar-refractivity contribution is 5.57. The molecule has 1 aromatic carbocycles. The number of ether oxygens (including phenoxy) is 1. The van der Waals surface area contributed by atoms with Crippen LogP contribution in [0.3, 0.4) is 0 Å². The molecule has 0 aliphatic heterocycles. The average molecular weight is 296 g/mol. The van der Waals surface area contributed by atoms with Crippen LogP contribution < -0.4 is 0 Å². The van der Waals surface area contributed by atoms with Gasteiger partial charge in [0.15, 0.2) is 6.29 Å². The lowest BCUT2D eigenvalue weighted by atomic mass is 10.1. The largest absolute Gasteiger partial charge is 0.508 e. The van der Waals surface area contributed by atoms with E-state index in [1.54, 1.807) is 24.3 Å². The zero-order valence-corrected chi connectivity index (χ0v) is 11.7. The molecule has 0 amide bonds.